The quantitative estimate of drug-likeness (QED) is 0.846. The van der Waals surface area contributed by atoms with Gasteiger partial charge in [0.15, 0.2) is 0 Å². The lowest BCUT2D eigenvalue weighted by molar-refractivity contribution is 0.177. The first kappa shape index (κ1) is 14.6. The lowest BCUT2D eigenvalue weighted by Crippen LogP contribution is -2.52. The molecule has 0 radical (unpaired) electrons. The van der Waals surface area contributed by atoms with E-state index >= 15 is 0 Å². The van der Waals surface area contributed by atoms with E-state index in [0.29, 0.717) is 26.2 Å². The van der Waals surface area contributed by atoms with Gasteiger partial charge in [0.2, 0.25) is 0 Å². The van der Waals surface area contributed by atoms with E-state index in [0.717, 1.165) is 18.8 Å². The van der Waals surface area contributed by atoms with E-state index < -0.39 is 0 Å². The molecule has 1 aliphatic heterocycles. The number of hydrogen-bond acceptors (Lipinski definition) is 3. The number of benzene rings is 1. The van der Waals surface area contributed by atoms with E-state index in [2.05, 4.69) is 10.2 Å². The second kappa shape index (κ2) is 7.09. The summed E-state index contributed by atoms with van der Waals surface area (Å²) in [6, 6.07) is 6.40. The summed E-state index contributed by atoms with van der Waals surface area (Å²) in [5.74, 6) is -0.232. The predicted octanol–water partition coefficient (Wildman–Crippen LogP) is 1.30. The number of piperazine rings is 1. The minimum absolute atomic E-state index is 0.0548. The van der Waals surface area contributed by atoms with Crippen molar-refractivity contribution < 1.29 is 13.9 Å². The zero-order valence-electron chi connectivity index (χ0n) is 11.6. The van der Waals surface area contributed by atoms with Crippen molar-refractivity contribution in [3.63, 3.8) is 0 Å². The number of carbonyl (C=O) groups is 1. The molecule has 1 aliphatic rings. The van der Waals surface area contributed by atoms with Crippen molar-refractivity contribution in [2.24, 2.45) is 0 Å². The van der Waals surface area contributed by atoms with Crippen LogP contribution in [0.15, 0.2) is 24.3 Å². The Morgan fingerprint density at radius 1 is 1.25 bits per heavy atom. The highest BCUT2D eigenvalue weighted by Gasteiger charge is 2.20. The van der Waals surface area contributed by atoms with Crippen LogP contribution >= 0.6 is 0 Å². The van der Waals surface area contributed by atoms with Gasteiger partial charge in [0.25, 0.3) is 0 Å². The van der Waals surface area contributed by atoms with Crippen LogP contribution in [0, 0.1) is 5.82 Å². The highest BCUT2D eigenvalue weighted by atomic mass is 19.1. The smallest absolute Gasteiger partial charge is 0.317 e. The van der Waals surface area contributed by atoms with E-state index in [9.17, 15) is 9.18 Å². The Balaban J connectivity index is 1.80. The van der Waals surface area contributed by atoms with Gasteiger partial charge in [0.1, 0.15) is 5.82 Å². The van der Waals surface area contributed by atoms with E-state index in [-0.39, 0.29) is 11.8 Å². The van der Waals surface area contributed by atoms with Gasteiger partial charge >= 0.3 is 6.03 Å². The monoisotopic (exact) mass is 281 g/mol. The molecular weight excluding hydrogens is 261 g/mol. The van der Waals surface area contributed by atoms with E-state index in [1.54, 1.807) is 24.1 Å². The van der Waals surface area contributed by atoms with Crippen molar-refractivity contribution in [1.82, 2.24) is 10.2 Å². The minimum atomic E-state index is -0.232. The normalized spacial score (nSPS) is 15.3. The van der Waals surface area contributed by atoms with Crippen LogP contribution in [0.1, 0.15) is 0 Å². The first-order chi connectivity index (χ1) is 9.70. The maximum Gasteiger partial charge on any atom is 0.317 e. The number of ether oxygens (including phenoxy) is 1. The Kier molecular flexibility index (Phi) is 5.17. The molecule has 0 saturated carbocycles. The fourth-order valence-corrected chi connectivity index (χ4v) is 2.19. The SMILES string of the molecule is COCCNC(=O)N1CCN(c2ccc(F)cc2)CC1. The van der Waals surface area contributed by atoms with E-state index in [1.807, 2.05) is 0 Å². The van der Waals surface area contributed by atoms with E-state index in [4.69, 9.17) is 4.74 Å². The number of hydrogen-bond donors (Lipinski definition) is 1. The van der Waals surface area contributed by atoms with Gasteiger partial charge in [-0.2, -0.15) is 0 Å². The van der Waals surface area contributed by atoms with Gasteiger partial charge in [-0.15, -0.1) is 0 Å². The molecule has 1 saturated heterocycles. The van der Waals surface area contributed by atoms with Crippen molar-refractivity contribution in [2.75, 3.05) is 51.3 Å². The largest absolute Gasteiger partial charge is 0.383 e. The highest BCUT2D eigenvalue weighted by molar-refractivity contribution is 5.74. The predicted molar refractivity (Wildman–Crippen MR) is 75.5 cm³/mol. The van der Waals surface area contributed by atoms with Crippen LogP contribution in [0.4, 0.5) is 14.9 Å². The van der Waals surface area contributed by atoms with Gasteiger partial charge in [-0.05, 0) is 24.3 Å². The molecule has 0 spiro atoms. The molecule has 6 heteroatoms. The van der Waals surface area contributed by atoms with Gasteiger partial charge in [-0.3, -0.25) is 0 Å². The summed E-state index contributed by atoms with van der Waals surface area (Å²) >= 11 is 0. The topological polar surface area (TPSA) is 44.8 Å². The van der Waals surface area contributed by atoms with Gasteiger partial charge in [0, 0.05) is 45.5 Å². The number of nitrogens with one attached hydrogen (secondary N) is 1. The molecule has 5 nitrogen and oxygen atoms in total. The lowest BCUT2D eigenvalue weighted by atomic mass is 10.2. The fraction of sp³-hybridized carbons (Fsp3) is 0.500. The molecule has 0 aromatic heterocycles. The van der Waals surface area contributed by atoms with Crippen LogP contribution in [0.25, 0.3) is 0 Å². The Morgan fingerprint density at radius 2 is 1.90 bits per heavy atom. The zero-order valence-corrected chi connectivity index (χ0v) is 11.6. The zero-order chi connectivity index (χ0) is 14.4. The average Bonchev–Trinajstić information content (AvgIpc) is 2.48. The number of carbonyl (C=O) groups excluding carboxylic acids is 1. The molecule has 2 rings (SSSR count). The molecule has 0 aliphatic carbocycles. The third kappa shape index (κ3) is 3.84. The van der Waals surface area contributed by atoms with Crippen LogP contribution in [-0.2, 0) is 4.74 Å². The molecular formula is C14H20FN3O2. The number of urea groups is 1. The van der Waals surface area contributed by atoms with Crippen LogP contribution in [-0.4, -0.2) is 57.4 Å². The van der Waals surface area contributed by atoms with E-state index in [1.165, 1.54) is 12.1 Å². The van der Waals surface area contributed by atoms with Crippen molar-refractivity contribution in [2.45, 2.75) is 0 Å². The molecule has 0 bridgehead atoms. The van der Waals surface area contributed by atoms with Gasteiger partial charge in [-0.1, -0.05) is 0 Å². The van der Waals surface area contributed by atoms with Gasteiger partial charge in [-0.25, -0.2) is 9.18 Å². The Hall–Kier alpha value is -1.82. The summed E-state index contributed by atoms with van der Waals surface area (Å²) < 4.78 is 17.8. The number of methoxy groups -OCH3 is 1. The highest BCUT2D eigenvalue weighted by Crippen LogP contribution is 2.16. The van der Waals surface area contributed by atoms with Crippen LogP contribution in [0.5, 0.6) is 0 Å². The Morgan fingerprint density at radius 3 is 2.50 bits per heavy atom. The molecule has 1 fully saturated rings. The van der Waals surface area contributed by atoms with Gasteiger partial charge in [0.05, 0.1) is 6.61 Å². The summed E-state index contributed by atoms with van der Waals surface area (Å²) in [4.78, 5) is 15.8. The molecule has 0 atom stereocenters. The van der Waals surface area contributed by atoms with Crippen LogP contribution in [0.3, 0.4) is 0 Å². The standard InChI is InChI=1S/C14H20FN3O2/c1-20-11-6-16-14(19)18-9-7-17(8-10-18)13-4-2-12(15)3-5-13/h2-5H,6-11H2,1H3,(H,16,19). The Labute approximate surface area is 118 Å². The summed E-state index contributed by atoms with van der Waals surface area (Å²) in [6.45, 7) is 3.87. The first-order valence-electron chi connectivity index (χ1n) is 6.73. The summed E-state index contributed by atoms with van der Waals surface area (Å²) in [5.41, 5.74) is 0.992. The second-order valence-corrected chi connectivity index (χ2v) is 4.68. The number of anilines is 1. The Bertz CT molecular complexity index is 431. The molecule has 0 unspecified atom stereocenters. The molecule has 1 aromatic carbocycles. The number of halogens is 1. The third-order valence-corrected chi connectivity index (χ3v) is 3.34. The molecule has 110 valence electrons. The molecule has 2 amide bonds. The summed E-state index contributed by atoms with van der Waals surface area (Å²) in [5, 5.41) is 2.81. The van der Waals surface area contributed by atoms with Crippen molar-refractivity contribution >= 4 is 11.7 Å². The summed E-state index contributed by atoms with van der Waals surface area (Å²) in [6.07, 6.45) is 0. The number of amides is 2. The minimum Gasteiger partial charge on any atom is -0.383 e. The van der Waals surface area contributed by atoms with Crippen LogP contribution < -0.4 is 10.2 Å². The average molecular weight is 281 g/mol. The number of nitrogens with zero attached hydrogens (tertiary/aromatic N) is 2. The fourth-order valence-electron chi connectivity index (χ4n) is 2.19. The molecule has 1 aromatic rings. The lowest BCUT2D eigenvalue weighted by Gasteiger charge is -2.36. The maximum atomic E-state index is 12.9. The van der Waals surface area contributed by atoms with Crippen LogP contribution in [0.2, 0.25) is 0 Å². The van der Waals surface area contributed by atoms with Gasteiger partial charge < -0.3 is 19.9 Å². The molecule has 1 heterocycles. The molecule has 20 heavy (non-hydrogen) atoms. The second-order valence-electron chi connectivity index (χ2n) is 4.68. The third-order valence-electron chi connectivity index (χ3n) is 3.34. The first-order valence-corrected chi connectivity index (χ1v) is 6.73. The van der Waals surface area contributed by atoms with Crippen molar-refractivity contribution in [1.29, 1.82) is 0 Å². The molecule has 1 N–H and O–H groups in total. The number of rotatable bonds is 4. The van der Waals surface area contributed by atoms with Crippen molar-refractivity contribution in [3.8, 4) is 0 Å². The summed E-state index contributed by atoms with van der Waals surface area (Å²) in [7, 11) is 1.60. The maximum absolute atomic E-state index is 12.9. The van der Waals surface area contributed by atoms with Crippen molar-refractivity contribution in [3.05, 3.63) is 30.1 Å².